The summed E-state index contributed by atoms with van der Waals surface area (Å²) < 4.78 is 39.6. The van der Waals surface area contributed by atoms with Crippen LogP contribution in [0, 0.1) is 12.7 Å². The second-order valence-corrected chi connectivity index (χ2v) is 5.42. The molecule has 0 radical (unpaired) electrons. The molecule has 0 saturated carbocycles. The molecule has 6 nitrogen and oxygen atoms in total. The van der Waals surface area contributed by atoms with Gasteiger partial charge in [0, 0.05) is 6.20 Å². The molecule has 2 rings (SSSR count). The quantitative estimate of drug-likeness (QED) is 0.730. The Morgan fingerprint density at radius 1 is 1.44 bits per heavy atom. The smallest absolute Gasteiger partial charge is 0.262 e. The molecule has 0 unspecified atom stereocenters. The molecule has 4 N–H and O–H groups in total. The second kappa shape index (κ2) is 4.30. The van der Waals surface area contributed by atoms with E-state index in [4.69, 9.17) is 5.73 Å². The van der Waals surface area contributed by atoms with Gasteiger partial charge in [0.25, 0.3) is 10.0 Å². The van der Waals surface area contributed by atoms with E-state index in [2.05, 4.69) is 14.9 Å². The lowest BCUT2D eigenvalue weighted by molar-refractivity contribution is 0.599. The van der Waals surface area contributed by atoms with Crippen LogP contribution in [0.4, 0.5) is 15.8 Å². The summed E-state index contributed by atoms with van der Waals surface area (Å²) >= 11 is 0. The van der Waals surface area contributed by atoms with Crippen molar-refractivity contribution >= 4 is 21.4 Å². The number of aromatic amines is 1. The second-order valence-electron chi connectivity index (χ2n) is 3.74. The summed E-state index contributed by atoms with van der Waals surface area (Å²) in [5, 5.41) is 6.09. The van der Waals surface area contributed by atoms with Gasteiger partial charge in [-0.1, -0.05) is 0 Å². The Hall–Kier alpha value is -2.09. The topological polar surface area (TPSA) is 101 Å². The number of nitrogens with two attached hydrogens (primary N) is 1. The third kappa shape index (κ3) is 2.28. The number of aryl methyl sites for hydroxylation is 1. The zero-order chi connectivity index (χ0) is 13.3. The molecule has 0 saturated heterocycles. The van der Waals surface area contributed by atoms with Crippen molar-refractivity contribution in [2.75, 3.05) is 10.5 Å². The van der Waals surface area contributed by atoms with Gasteiger partial charge in [-0.3, -0.25) is 9.82 Å². The van der Waals surface area contributed by atoms with Gasteiger partial charge in [-0.25, -0.2) is 12.8 Å². The predicted octanol–water partition coefficient (Wildman–Crippen LogP) is 1.24. The lowest BCUT2D eigenvalue weighted by Gasteiger charge is -2.08. The zero-order valence-electron chi connectivity index (χ0n) is 9.44. The van der Waals surface area contributed by atoms with Gasteiger partial charge in [0.1, 0.15) is 5.82 Å². The van der Waals surface area contributed by atoms with Crippen molar-refractivity contribution in [1.29, 1.82) is 0 Å². The normalized spacial score (nSPS) is 11.4. The number of hydrogen-bond donors (Lipinski definition) is 3. The lowest BCUT2D eigenvalue weighted by Crippen LogP contribution is -2.13. The van der Waals surface area contributed by atoms with Crippen molar-refractivity contribution in [1.82, 2.24) is 10.2 Å². The molecular formula is C10H11FN4O2S. The highest BCUT2D eigenvalue weighted by Gasteiger charge is 2.17. The van der Waals surface area contributed by atoms with Gasteiger partial charge in [-0.2, -0.15) is 5.10 Å². The summed E-state index contributed by atoms with van der Waals surface area (Å²) in [6.45, 7) is 1.45. The molecule has 96 valence electrons. The number of H-pyrrole nitrogens is 1. The number of aromatic nitrogens is 2. The Kier molecular flexibility index (Phi) is 2.95. The molecule has 18 heavy (non-hydrogen) atoms. The first kappa shape index (κ1) is 12.4. The number of sulfonamides is 1. The maximum absolute atomic E-state index is 13.3. The minimum absolute atomic E-state index is 0.0971. The Morgan fingerprint density at radius 2 is 2.17 bits per heavy atom. The van der Waals surface area contributed by atoms with Crippen molar-refractivity contribution in [3.63, 3.8) is 0 Å². The Bertz CT molecular complexity index is 644. The van der Waals surface area contributed by atoms with Crippen LogP contribution in [0.1, 0.15) is 5.56 Å². The minimum atomic E-state index is -3.80. The van der Waals surface area contributed by atoms with Gasteiger partial charge in [0.2, 0.25) is 0 Å². The van der Waals surface area contributed by atoms with Crippen LogP contribution in [0.25, 0.3) is 0 Å². The van der Waals surface area contributed by atoms with Crippen molar-refractivity contribution in [2.24, 2.45) is 0 Å². The van der Waals surface area contributed by atoms with Crippen LogP contribution in [0.2, 0.25) is 0 Å². The van der Waals surface area contributed by atoms with Gasteiger partial charge >= 0.3 is 0 Å². The van der Waals surface area contributed by atoms with Crippen molar-refractivity contribution in [3.05, 3.63) is 35.9 Å². The summed E-state index contributed by atoms with van der Waals surface area (Å²) in [6, 6.07) is 2.29. The summed E-state index contributed by atoms with van der Waals surface area (Å²) in [5.74, 6) is -0.614. The Balaban J connectivity index is 2.42. The van der Waals surface area contributed by atoms with Crippen molar-refractivity contribution < 1.29 is 12.8 Å². The van der Waals surface area contributed by atoms with E-state index in [1.807, 2.05) is 0 Å². The Morgan fingerprint density at radius 3 is 2.72 bits per heavy atom. The molecule has 0 spiro atoms. The van der Waals surface area contributed by atoms with E-state index in [9.17, 15) is 12.8 Å². The average Bonchev–Trinajstić information content (AvgIpc) is 2.77. The molecule has 0 fully saturated rings. The number of anilines is 2. The van der Waals surface area contributed by atoms with Crippen molar-refractivity contribution in [2.45, 2.75) is 11.8 Å². The predicted molar refractivity (Wildman–Crippen MR) is 64.9 cm³/mol. The fourth-order valence-corrected chi connectivity index (χ4v) is 2.59. The number of halogens is 1. The molecule has 0 aliphatic rings. The molecule has 0 aliphatic heterocycles. The fourth-order valence-electron chi connectivity index (χ4n) is 1.44. The molecule has 2 aromatic rings. The third-order valence-corrected chi connectivity index (χ3v) is 3.68. The van der Waals surface area contributed by atoms with Crippen LogP contribution in [0.5, 0.6) is 0 Å². The highest BCUT2D eigenvalue weighted by molar-refractivity contribution is 7.92. The maximum Gasteiger partial charge on any atom is 0.262 e. The number of nitrogen functional groups attached to an aromatic ring is 1. The van der Waals surface area contributed by atoms with Gasteiger partial charge in [0.05, 0.1) is 22.5 Å². The molecule has 0 aliphatic carbocycles. The van der Waals surface area contributed by atoms with E-state index in [1.165, 1.54) is 25.4 Å². The fraction of sp³-hybridized carbons (Fsp3) is 0.100. The van der Waals surface area contributed by atoms with Crippen molar-refractivity contribution in [3.8, 4) is 0 Å². The first-order valence-electron chi connectivity index (χ1n) is 4.97. The highest BCUT2D eigenvalue weighted by Crippen LogP contribution is 2.22. The zero-order valence-corrected chi connectivity index (χ0v) is 10.3. The summed E-state index contributed by atoms with van der Waals surface area (Å²) in [4.78, 5) is -0.0971. The summed E-state index contributed by atoms with van der Waals surface area (Å²) in [5.41, 5.74) is 5.66. The standard InChI is InChI=1S/C10H11FN4O2S/c1-6-2-8(3-9(12)10(6)11)18(16,17)15-7-4-13-14-5-7/h2-5,15H,12H2,1H3,(H,13,14). The van der Waals surface area contributed by atoms with Crippen LogP contribution < -0.4 is 10.5 Å². The SMILES string of the molecule is Cc1cc(S(=O)(=O)Nc2cn[nH]c2)cc(N)c1F. The largest absolute Gasteiger partial charge is 0.396 e. The van der Waals surface area contributed by atoms with Gasteiger partial charge in [0.15, 0.2) is 0 Å². The van der Waals surface area contributed by atoms with E-state index in [1.54, 1.807) is 0 Å². The summed E-state index contributed by atoms with van der Waals surface area (Å²) in [7, 11) is -3.80. The van der Waals surface area contributed by atoms with E-state index >= 15 is 0 Å². The van der Waals surface area contributed by atoms with E-state index in [-0.39, 0.29) is 21.8 Å². The van der Waals surface area contributed by atoms with Gasteiger partial charge in [-0.15, -0.1) is 0 Å². The molecular weight excluding hydrogens is 259 g/mol. The lowest BCUT2D eigenvalue weighted by atomic mass is 10.2. The van der Waals surface area contributed by atoms with E-state index in [0.29, 0.717) is 0 Å². The minimum Gasteiger partial charge on any atom is -0.396 e. The highest BCUT2D eigenvalue weighted by atomic mass is 32.2. The number of nitrogens with zero attached hydrogens (tertiary/aromatic N) is 1. The summed E-state index contributed by atoms with van der Waals surface area (Å²) in [6.07, 6.45) is 2.70. The van der Waals surface area contributed by atoms with Crippen LogP contribution in [0.3, 0.4) is 0 Å². The first-order valence-corrected chi connectivity index (χ1v) is 6.45. The van der Waals surface area contributed by atoms with E-state index < -0.39 is 15.8 Å². The molecule has 0 amide bonds. The molecule has 1 aromatic carbocycles. The molecule has 0 atom stereocenters. The van der Waals surface area contributed by atoms with Crippen LogP contribution in [0.15, 0.2) is 29.4 Å². The number of hydrogen-bond acceptors (Lipinski definition) is 4. The number of nitrogens with one attached hydrogen (secondary N) is 2. The maximum atomic E-state index is 13.3. The average molecular weight is 270 g/mol. The molecule has 1 aromatic heterocycles. The van der Waals surface area contributed by atoms with Crippen LogP contribution in [-0.2, 0) is 10.0 Å². The monoisotopic (exact) mass is 270 g/mol. The number of benzene rings is 1. The van der Waals surface area contributed by atoms with Crippen LogP contribution >= 0.6 is 0 Å². The number of rotatable bonds is 3. The molecule has 8 heteroatoms. The Labute approximate surface area is 103 Å². The van der Waals surface area contributed by atoms with E-state index in [0.717, 1.165) is 6.07 Å². The van der Waals surface area contributed by atoms with Gasteiger partial charge in [-0.05, 0) is 24.6 Å². The first-order chi connectivity index (χ1) is 8.40. The third-order valence-electron chi connectivity index (χ3n) is 2.32. The molecule has 0 bridgehead atoms. The van der Waals surface area contributed by atoms with Gasteiger partial charge < -0.3 is 5.73 Å². The van der Waals surface area contributed by atoms with Crippen LogP contribution in [-0.4, -0.2) is 18.6 Å². The molecule has 1 heterocycles.